The zero-order valence-corrected chi connectivity index (χ0v) is 9.63. The third-order valence-electron chi connectivity index (χ3n) is 3.96. The van der Waals surface area contributed by atoms with Crippen LogP contribution in [0.2, 0.25) is 0 Å². The molecular weight excluding hydrogens is 180 g/mol. The van der Waals surface area contributed by atoms with Crippen LogP contribution in [0.1, 0.15) is 33.1 Å². The number of hydrogen-bond donors (Lipinski definition) is 2. The molecule has 2 unspecified atom stereocenters. The van der Waals surface area contributed by atoms with Crippen molar-refractivity contribution in [1.82, 2.24) is 10.0 Å². The van der Waals surface area contributed by atoms with E-state index >= 15 is 0 Å². The molecule has 0 aromatic rings. The minimum Gasteiger partial charge on any atom is -0.313 e. The van der Waals surface area contributed by atoms with Gasteiger partial charge in [-0.05, 0) is 32.9 Å². The van der Waals surface area contributed by atoms with Gasteiger partial charge in [0.2, 0.25) is 0 Å². The first kappa shape index (κ1) is 9.81. The van der Waals surface area contributed by atoms with Gasteiger partial charge in [-0.3, -0.25) is 4.72 Å². The van der Waals surface area contributed by atoms with Crippen LogP contribution >= 0.6 is 11.9 Å². The summed E-state index contributed by atoms with van der Waals surface area (Å²) in [6, 6.07) is 0.738. The van der Waals surface area contributed by atoms with Crippen LogP contribution in [-0.2, 0) is 0 Å². The van der Waals surface area contributed by atoms with Gasteiger partial charge in [-0.25, -0.2) is 0 Å². The molecule has 2 fully saturated rings. The van der Waals surface area contributed by atoms with Crippen molar-refractivity contribution in [1.29, 1.82) is 0 Å². The topological polar surface area (TPSA) is 24.1 Å². The third kappa shape index (κ3) is 1.24. The van der Waals surface area contributed by atoms with Crippen molar-refractivity contribution in [3.8, 4) is 0 Å². The molecule has 2 N–H and O–H groups in total. The molecule has 1 aliphatic carbocycles. The average Bonchev–Trinajstić information content (AvgIpc) is 2.71. The molecule has 2 rings (SSSR count). The quantitative estimate of drug-likeness (QED) is 0.679. The summed E-state index contributed by atoms with van der Waals surface area (Å²) in [6.07, 6.45) is 3.98. The second-order valence-corrected chi connectivity index (χ2v) is 5.95. The maximum Gasteiger partial charge on any atom is 0.0392 e. The number of piperidine rings is 1. The van der Waals surface area contributed by atoms with E-state index in [0.29, 0.717) is 10.2 Å². The van der Waals surface area contributed by atoms with Crippen LogP contribution in [0.25, 0.3) is 0 Å². The SMILES string of the molecule is CCC1NCC[C@]2(SNC)CC12C. The minimum absolute atomic E-state index is 0.549. The zero-order valence-electron chi connectivity index (χ0n) is 8.81. The fourth-order valence-electron chi connectivity index (χ4n) is 3.03. The first-order valence-electron chi connectivity index (χ1n) is 5.27. The molecule has 0 aromatic carbocycles. The Morgan fingerprint density at radius 1 is 1.62 bits per heavy atom. The molecule has 0 amide bonds. The average molecular weight is 200 g/mol. The predicted octanol–water partition coefficient (Wildman–Crippen LogP) is 1.77. The highest BCUT2D eigenvalue weighted by molar-refractivity contribution is 7.99. The van der Waals surface area contributed by atoms with Crippen LogP contribution in [-0.4, -0.2) is 24.4 Å². The summed E-state index contributed by atoms with van der Waals surface area (Å²) in [5, 5.41) is 3.64. The van der Waals surface area contributed by atoms with E-state index in [9.17, 15) is 0 Å². The lowest BCUT2D eigenvalue weighted by atomic mass is 9.89. The van der Waals surface area contributed by atoms with E-state index < -0.39 is 0 Å². The number of hydrogen-bond acceptors (Lipinski definition) is 3. The molecule has 0 radical (unpaired) electrons. The largest absolute Gasteiger partial charge is 0.313 e. The van der Waals surface area contributed by atoms with Gasteiger partial charge < -0.3 is 5.32 Å². The molecule has 2 aliphatic rings. The van der Waals surface area contributed by atoms with Gasteiger partial charge in [-0.2, -0.15) is 0 Å². The van der Waals surface area contributed by atoms with Crippen molar-refractivity contribution < 1.29 is 0 Å². The highest BCUT2D eigenvalue weighted by atomic mass is 32.2. The molecule has 0 aromatic heterocycles. The van der Waals surface area contributed by atoms with Gasteiger partial charge in [0.15, 0.2) is 0 Å². The Labute approximate surface area is 85.4 Å². The third-order valence-corrected chi connectivity index (χ3v) is 5.37. The first-order chi connectivity index (χ1) is 6.18. The summed E-state index contributed by atoms with van der Waals surface area (Å²) >= 11 is 1.96. The van der Waals surface area contributed by atoms with Gasteiger partial charge in [0.05, 0.1) is 0 Å². The fourth-order valence-corrected chi connectivity index (χ4v) is 4.37. The molecule has 3 atom stereocenters. The second kappa shape index (κ2) is 3.14. The molecule has 1 heterocycles. The molecule has 2 nitrogen and oxygen atoms in total. The molecule has 0 bridgehead atoms. The lowest BCUT2D eigenvalue weighted by Crippen LogP contribution is -2.46. The van der Waals surface area contributed by atoms with Gasteiger partial charge in [0.25, 0.3) is 0 Å². The van der Waals surface area contributed by atoms with Gasteiger partial charge in [0.1, 0.15) is 0 Å². The summed E-state index contributed by atoms with van der Waals surface area (Å²) in [5.74, 6) is 0. The summed E-state index contributed by atoms with van der Waals surface area (Å²) < 4.78 is 3.83. The fraction of sp³-hybridized carbons (Fsp3) is 1.00. The second-order valence-electron chi connectivity index (χ2n) is 4.56. The number of nitrogens with one attached hydrogen (secondary N) is 2. The molecule has 1 aliphatic heterocycles. The van der Waals surface area contributed by atoms with Crippen LogP contribution in [0.3, 0.4) is 0 Å². The molecular formula is C10H20N2S. The van der Waals surface area contributed by atoms with Gasteiger partial charge in [0, 0.05) is 16.2 Å². The van der Waals surface area contributed by atoms with E-state index in [-0.39, 0.29) is 0 Å². The van der Waals surface area contributed by atoms with Crippen LogP contribution in [0.4, 0.5) is 0 Å². The molecule has 13 heavy (non-hydrogen) atoms. The maximum absolute atomic E-state index is 3.64. The van der Waals surface area contributed by atoms with Crippen molar-refractivity contribution in [2.45, 2.75) is 43.9 Å². The van der Waals surface area contributed by atoms with Crippen molar-refractivity contribution >= 4 is 11.9 Å². The molecule has 76 valence electrons. The summed E-state index contributed by atoms with van der Waals surface area (Å²) in [6.45, 7) is 5.93. The van der Waals surface area contributed by atoms with Crippen molar-refractivity contribution in [3.63, 3.8) is 0 Å². The van der Waals surface area contributed by atoms with Gasteiger partial charge in [-0.15, -0.1) is 0 Å². The lowest BCUT2D eigenvalue weighted by molar-refractivity contribution is 0.287. The van der Waals surface area contributed by atoms with E-state index in [4.69, 9.17) is 0 Å². The zero-order chi connectivity index (χ0) is 9.53. The Bertz CT molecular complexity index is 203. The lowest BCUT2D eigenvalue weighted by Gasteiger charge is -2.35. The summed E-state index contributed by atoms with van der Waals surface area (Å²) in [7, 11) is 2.04. The van der Waals surface area contributed by atoms with Crippen LogP contribution in [0.5, 0.6) is 0 Å². The Hall–Kier alpha value is 0.270. The minimum atomic E-state index is 0.549. The number of fused-ring (bicyclic) bond motifs is 1. The van der Waals surface area contributed by atoms with E-state index in [1.165, 1.54) is 25.8 Å². The van der Waals surface area contributed by atoms with Gasteiger partial charge >= 0.3 is 0 Å². The smallest absolute Gasteiger partial charge is 0.0392 e. The van der Waals surface area contributed by atoms with Crippen molar-refractivity contribution in [2.24, 2.45) is 5.41 Å². The van der Waals surface area contributed by atoms with Crippen LogP contribution in [0.15, 0.2) is 0 Å². The standard InChI is InChI=1S/C10H20N2S/c1-4-8-9(2)7-10(9,13-11-3)5-6-12-8/h8,11-12H,4-7H2,1-3H3/t8?,9?,10-/m0/s1. The van der Waals surface area contributed by atoms with Crippen LogP contribution < -0.4 is 10.0 Å². The Balaban J connectivity index is 2.10. The molecule has 3 heteroatoms. The molecule has 0 spiro atoms. The Morgan fingerprint density at radius 3 is 3.00 bits per heavy atom. The highest BCUT2D eigenvalue weighted by Crippen LogP contribution is 2.68. The van der Waals surface area contributed by atoms with Crippen LogP contribution in [0, 0.1) is 5.41 Å². The van der Waals surface area contributed by atoms with E-state index in [1.54, 1.807) is 0 Å². The van der Waals surface area contributed by atoms with E-state index in [0.717, 1.165) is 6.04 Å². The summed E-state index contributed by atoms with van der Waals surface area (Å²) in [4.78, 5) is 0. The van der Waals surface area contributed by atoms with E-state index in [2.05, 4.69) is 23.9 Å². The Kier molecular flexibility index (Phi) is 2.37. The molecule has 1 saturated heterocycles. The summed E-state index contributed by atoms with van der Waals surface area (Å²) in [5.41, 5.74) is 0.549. The van der Waals surface area contributed by atoms with E-state index in [1.807, 2.05) is 19.0 Å². The predicted molar refractivity (Wildman–Crippen MR) is 58.8 cm³/mol. The van der Waals surface area contributed by atoms with Gasteiger partial charge in [-0.1, -0.05) is 25.8 Å². The Morgan fingerprint density at radius 2 is 2.38 bits per heavy atom. The first-order valence-corrected chi connectivity index (χ1v) is 6.08. The number of rotatable bonds is 3. The maximum atomic E-state index is 3.64. The molecule has 1 saturated carbocycles. The van der Waals surface area contributed by atoms with Crippen molar-refractivity contribution in [2.75, 3.05) is 13.6 Å². The normalized spacial score (nSPS) is 48.7. The van der Waals surface area contributed by atoms with Crippen molar-refractivity contribution in [3.05, 3.63) is 0 Å². The monoisotopic (exact) mass is 200 g/mol. The highest BCUT2D eigenvalue weighted by Gasteiger charge is 2.68.